The van der Waals surface area contributed by atoms with Gasteiger partial charge in [-0.2, -0.15) is 0 Å². The summed E-state index contributed by atoms with van der Waals surface area (Å²) in [6, 6.07) is 7.24. The number of benzene rings is 1. The zero-order valence-electron chi connectivity index (χ0n) is 19.3. The summed E-state index contributed by atoms with van der Waals surface area (Å²) in [4.78, 5) is 39.0. The van der Waals surface area contributed by atoms with Gasteiger partial charge in [-0.05, 0) is 57.4 Å². The van der Waals surface area contributed by atoms with Crippen molar-refractivity contribution >= 4 is 23.9 Å². The molecule has 1 fully saturated rings. The Morgan fingerprint density at radius 2 is 1.81 bits per heavy atom. The van der Waals surface area contributed by atoms with E-state index in [1.807, 2.05) is 13.8 Å². The van der Waals surface area contributed by atoms with Gasteiger partial charge in [0, 0.05) is 17.8 Å². The lowest BCUT2D eigenvalue weighted by atomic mass is 9.95. The Hall–Kier alpha value is -3.09. The predicted molar refractivity (Wildman–Crippen MR) is 122 cm³/mol. The van der Waals surface area contributed by atoms with E-state index in [0.29, 0.717) is 17.0 Å². The van der Waals surface area contributed by atoms with Crippen LogP contribution in [0.25, 0.3) is 6.08 Å². The van der Waals surface area contributed by atoms with Crippen LogP contribution >= 0.6 is 0 Å². The topological polar surface area (TPSA) is 84.9 Å². The van der Waals surface area contributed by atoms with Gasteiger partial charge < -0.3 is 19.7 Å². The number of nitrogens with zero attached hydrogens (tertiary/aromatic N) is 1. The van der Waals surface area contributed by atoms with E-state index in [1.165, 1.54) is 13.5 Å². The molecule has 7 heteroatoms. The van der Waals surface area contributed by atoms with Crippen LogP contribution in [-0.4, -0.2) is 48.5 Å². The van der Waals surface area contributed by atoms with Crippen molar-refractivity contribution in [3.63, 3.8) is 0 Å². The Labute approximate surface area is 189 Å². The summed E-state index contributed by atoms with van der Waals surface area (Å²) in [5.74, 6) is -0.309. The Kier molecular flexibility index (Phi) is 7.72. The number of hydrogen-bond acceptors (Lipinski definition) is 5. The average molecular weight is 441 g/mol. The lowest BCUT2D eigenvalue weighted by Crippen LogP contribution is -2.38. The van der Waals surface area contributed by atoms with Crippen molar-refractivity contribution in [3.8, 4) is 5.75 Å². The first-order valence-corrected chi connectivity index (χ1v) is 11.2. The number of esters is 1. The Morgan fingerprint density at radius 1 is 1.16 bits per heavy atom. The molecular weight excluding hydrogens is 408 g/mol. The molecule has 0 radical (unpaired) electrons. The molecule has 2 amide bonds. The first-order chi connectivity index (χ1) is 15.3. The van der Waals surface area contributed by atoms with Crippen LogP contribution in [0.15, 0.2) is 41.1 Å². The lowest BCUT2D eigenvalue weighted by Gasteiger charge is -2.22. The lowest BCUT2D eigenvalue weighted by molar-refractivity contribution is -0.136. The van der Waals surface area contributed by atoms with Gasteiger partial charge in [0.25, 0.3) is 11.8 Å². The van der Waals surface area contributed by atoms with Gasteiger partial charge in [-0.25, -0.2) is 4.79 Å². The van der Waals surface area contributed by atoms with Crippen molar-refractivity contribution in [1.29, 1.82) is 0 Å². The first-order valence-electron chi connectivity index (χ1n) is 11.2. The van der Waals surface area contributed by atoms with Crippen LogP contribution in [0.5, 0.6) is 5.75 Å². The molecule has 1 saturated carbocycles. The number of carbonyl (C=O) groups is 3. The number of allylic oxidation sites excluding steroid dienone is 1. The second kappa shape index (κ2) is 10.5. The number of amides is 2. The standard InChI is InChI=1S/C25H32N2O5/c1-16(2)27-17(3)23(25(30)31-4)21(24(27)29)14-18-10-12-20(13-11-18)32-15-22(28)26-19-8-6-5-7-9-19/h10-14,16,19H,5-9,15H2,1-4H3,(H,26,28)/b21-14-. The van der Waals surface area contributed by atoms with E-state index in [-0.39, 0.29) is 36.1 Å². The molecular formula is C25H32N2O5. The van der Waals surface area contributed by atoms with Crippen molar-refractivity contribution in [2.24, 2.45) is 0 Å². The normalized spacial score (nSPS) is 18.5. The van der Waals surface area contributed by atoms with E-state index in [1.54, 1.807) is 42.2 Å². The highest BCUT2D eigenvalue weighted by Gasteiger charge is 2.38. The molecule has 0 unspecified atom stereocenters. The molecule has 0 atom stereocenters. The number of methoxy groups -OCH3 is 1. The third kappa shape index (κ3) is 5.39. The van der Waals surface area contributed by atoms with E-state index in [4.69, 9.17) is 9.47 Å². The zero-order chi connectivity index (χ0) is 23.3. The van der Waals surface area contributed by atoms with E-state index in [2.05, 4.69) is 5.32 Å². The molecule has 1 aliphatic carbocycles. The molecule has 0 saturated heterocycles. The van der Waals surface area contributed by atoms with Crippen LogP contribution in [0.3, 0.4) is 0 Å². The van der Waals surface area contributed by atoms with Crippen LogP contribution in [0.2, 0.25) is 0 Å². The molecule has 0 aromatic heterocycles. The minimum atomic E-state index is -0.533. The second-order valence-electron chi connectivity index (χ2n) is 8.54. The van der Waals surface area contributed by atoms with Crippen LogP contribution in [0.4, 0.5) is 0 Å². The molecule has 32 heavy (non-hydrogen) atoms. The van der Waals surface area contributed by atoms with Crippen LogP contribution in [0, 0.1) is 0 Å². The first kappa shape index (κ1) is 23.6. The Balaban J connectivity index is 1.67. The minimum absolute atomic E-state index is 0.0345. The molecule has 0 bridgehead atoms. The third-order valence-electron chi connectivity index (χ3n) is 5.88. The van der Waals surface area contributed by atoms with Crippen molar-refractivity contribution < 1.29 is 23.9 Å². The molecule has 172 valence electrons. The van der Waals surface area contributed by atoms with Gasteiger partial charge in [-0.15, -0.1) is 0 Å². The summed E-state index contributed by atoms with van der Waals surface area (Å²) in [6.45, 7) is 5.51. The highest BCUT2D eigenvalue weighted by atomic mass is 16.5. The molecule has 2 aliphatic rings. The van der Waals surface area contributed by atoms with E-state index < -0.39 is 5.97 Å². The SMILES string of the molecule is COC(=O)C1=C(C)N(C(C)C)C(=O)/C1=C\c1ccc(OCC(=O)NC2CCCCC2)cc1. The summed E-state index contributed by atoms with van der Waals surface area (Å²) < 4.78 is 10.5. The average Bonchev–Trinajstić information content (AvgIpc) is 3.02. The molecule has 1 aromatic rings. The summed E-state index contributed by atoms with van der Waals surface area (Å²) in [5.41, 5.74) is 1.92. The van der Waals surface area contributed by atoms with Gasteiger partial charge in [0.2, 0.25) is 0 Å². The van der Waals surface area contributed by atoms with Crippen LogP contribution in [-0.2, 0) is 19.1 Å². The van der Waals surface area contributed by atoms with Gasteiger partial charge >= 0.3 is 5.97 Å². The molecule has 1 N–H and O–H groups in total. The smallest absolute Gasteiger partial charge is 0.340 e. The van der Waals surface area contributed by atoms with Gasteiger partial charge in [0.1, 0.15) is 5.75 Å². The maximum atomic E-state index is 12.9. The van der Waals surface area contributed by atoms with Gasteiger partial charge in [0.05, 0.1) is 18.3 Å². The van der Waals surface area contributed by atoms with E-state index in [9.17, 15) is 14.4 Å². The van der Waals surface area contributed by atoms with E-state index >= 15 is 0 Å². The van der Waals surface area contributed by atoms with Crippen LogP contribution < -0.4 is 10.1 Å². The van der Waals surface area contributed by atoms with Crippen LogP contribution in [0.1, 0.15) is 58.4 Å². The monoisotopic (exact) mass is 440 g/mol. The summed E-state index contributed by atoms with van der Waals surface area (Å²) in [7, 11) is 1.30. The minimum Gasteiger partial charge on any atom is -0.484 e. The van der Waals surface area contributed by atoms with Crippen molar-refractivity contribution in [2.45, 2.75) is 65.0 Å². The summed E-state index contributed by atoms with van der Waals surface area (Å²) in [6.07, 6.45) is 7.30. The van der Waals surface area contributed by atoms with Gasteiger partial charge in [0.15, 0.2) is 6.61 Å². The second-order valence-corrected chi connectivity index (χ2v) is 8.54. The summed E-state index contributed by atoms with van der Waals surface area (Å²) >= 11 is 0. The Morgan fingerprint density at radius 3 is 2.41 bits per heavy atom. The molecule has 1 aliphatic heterocycles. The van der Waals surface area contributed by atoms with Gasteiger partial charge in [-0.1, -0.05) is 31.4 Å². The molecule has 1 heterocycles. The molecule has 1 aromatic carbocycles. The fraction of sp³-hybridized carbons (Fsp3) is 0.480. The summed E-state index contributed by atoms with van der Waals surface area (Å²) in [5, 5.41) is 3.03. The number of ether oxygens (including phenoxy) is 2. The fourth-order valence-corrected chi connectivity index (χ4v) is 4.31. The fourth-order valence-electron chi connectivity index (χ4n) is 4.31. The highest BCUT2D eigenvalue weighted by molar-refractivity contribution is 6.16. The van der Waals surface area contributed by atoms with Crippen molar-refractivity contribution in [1.82, 2.24) is 10.2 Å². The van der Waals surface area contributed by atoms with Crippen molar-refractivity contribution in [2.75, 3.05) is 13.7 Å². The quantitative estimate of drug-likeness (QED) is 0.517. The number of nitrogens with one attached hydrogen (secondary N) is 1. The highest BCUT2D eigenvalue weighted by Crippen LogP contribution is 2.33. The maximum Gasteiger partial charge on any atom is 0.340 e. The molecule has 7 nitrogen and oxygen atoms in total. The largest absolute Gasteiger partial charge is 0.484 e. The Bertz CT molecular complexity index is 924. The van der Waals surface area contributed by atoms with E-state index in [0.717, 1.165) is 31.2 Å². The molecule has 0 spiro atoms. The maximum absolute atomic E-state index is 12.9. The third-order valence-corrected chi connectivity index (χ3v) is 5.88. The molecule has 3 rings (SSSR count). The van der Waals surface area contributed by atoms with Gasteiger partial charge in [-0.3, -0.25) is 9.59 Å². The number of rotatable bonds is 7. The van der Waals surface area contributed by atoms with Crippen molar-refractivity contribution in [3.05, 3.63) is 46.7 Å². The number of carbonyl (C=O) groups excluding carboxylic acids is 3. The number of hydrogen-bond donors (Lipinski definition) is 1. The predicted octanol–water partition coefficient (Wildman–Crippen LogP) is 3.60. The zero-order valence-corrected chi connectivity index (χ0v) is 19.3.